The molecule has 8 rings (SSSR count). The van der Waals surface area contributed by atoms with E-state index in [-0.39, 0.29) is 53.1 Å². The van der Waals surface area contributed by atoms with Crippen molar-refractivity contribution in [2.75, 3.05) is 19.0 Å². The normalized spacial score (nSPS) is 29.3. The molecule has 18 heteroatoms. The largest absolute Gasteiger partial charge is 0.482 e. The number of aromatic nitrogens is 3. The number of carbonyl (C=O) groups is 3. The maximum absolute atomic E-state index is 15.4. The smallest absolute Gasteiger partial charge is 0.343 e. The lowest BCUT2D eigenvalue weighted by Gasteiger charge is -2.59. The van der Waals surface area contributed by atoms with Crippen LogP contribution in [0.15, 0.2) is 77.2 Å². The molecule has 2 aromatic carbocycles. The first kappa shape index (κ1) is 53.2. The number of benzene rings is 2. The van der Waals surface area contributed by atoms with Crippen molar-refractivity contribution in [1.82, 2.24) is 14.8 Å². The summed E-state index contributed by atoms with van der Waals surface area (Å²) in [6.07, 6.45) is 4.68. The minimum absolute atomic E-state index is 0.0478. The van der Waals surface area contributed by atoms with Crippen LogP contribution in [-0.2, 0) is 25.5 Å². The molecule has 6 unspecified atom stereocenters. The molecule has 4 aliphatic heterocycles. The highest BCUT2D eigenvalue weighted by Crippen LogP contribution is 2.64. The van der Waals surface area contributed by atoms with Gasteiger partial charge in [-0.3, -0.25) is 4.79 Å². The van der Waals surface area contributed by atoms with Gasteiger partial charge in [-0.2, -0.15) is 0 Å². The van der Waals surface area contributed by atoms with Crippen LogP contribution in [0.4, 0.5) is 5.95 Å². The summed E-state index contributed by atoms with van der Waals surface area (Å²) >= 11 is 0. The molecule has 1 aliphatic carbocycles. The molecule has 0 amide bonds. The van der Waals surface area contributed by atoms with Crippen LogP contribution in [0, 0.1) is 17.8 Å². The van der Waals surface area contributed by atoms with E-state index < -0.39 is 89.7 Å². The maximum Gasteiger partial charge on any atom is 0.343 e. The van der Waals surface area contributed by atoms with Gasteiger partial charge < -0.3 is 59.3 Å². The molecule has 11 atom stereocenters. The predicted octanol–water partition coefficient (Wildman–Crippen LogP) is 6.36. The van der Waals surface area contributed by atoms with Gasteiger partial charge in [0.05, 0.1) is 42.1 Å². The summed E-state index contributed by atoms with van der Waals surface area (Å²) in [5, 5.41) is 62.9. The summed E-state index contributed by atoms with van der Waals surface area (Å²) in [6, 6.07) is 4.90. The number of aliphatic hydroxyl groups is 5. The Balaban J connectivity index is 1.37. The summed E-state index contributed by atoms with van der Waals surface area (Å²) in [7, 11) is 1.26. The number of rotatable bonds is 15. The van der Waals surface area contributed by atoms with Gasteiger partial charge >= 0.3 is 11.9 Å². The molecular weight excluding hydrogens is 941 g/mol. The van der Waals surface area contributed by atoms with Crippen molar-refractivity contribution >= 4 is 35.4 Å². The van der Waals surface area contributed by atoms with Crippen molar-refractivity contribution in [1.29, 1.82) is 0 Å². The molecule has 2 fully saturated rings. The molecule has 392 valence electrons. The standard InChI is InChI=1S/C55H68N4O14/c1-27(2)13-12-22-53(10)23-21-36-45(72-53)35(19-14-28(3)4)47-38(46(36)71-50(66)33-15-17-34(18-16-33)69-51-44(63)43(62)42(61)37(25-60)70-51)40-39-41(59-26-56-52(57-40)58-59)31(8)48(64)54(67,24-20-30(7)49(65)68-11)55(39,73-47)32(9)29(5)6/h13-18,20-21,23,26,29,31-32,37,41-44,51,60-63,67H,12,19,22,24-25H2,1-11H3,(H,57,58)/b30-20-/t31?,32?,37-,41?,42-,43+,44-,51-,53?,54?,55?/m1/s1. The minimum Gasteiger partial charge on any atom is -0.482 e. The van der Waals surface area contributed by atoms with Gasteiger partial charge in [-0.1, -0.05) is 57.1 Å². The number of esters is 2. The number of methoxy groups -OCH3 is 1. The van der Waals surface area contributed by atoms with E-state index in [9.17, 15) is 35.1 Å². The van der Waals surface area contributed by atoms with Crippen LogP contribution >= 0.6 is 0 Å². The lowest BCUT2D eigenvalue weighted by atomic mass is 9.54. The highest BCUT2D eigenvalue weighted by Gasteiger charge is 2.71. The van der Waals surface area contributed by atoms with Gasteiger partial charge in [-0.25, -0.2) is 19.3 Å². The number of ether oxygens (including phenoxy) is 6. The summed E-state index contributed by atoms with van der Waals surface area (Å²) in [5.74, 6) is -2.85. The predicted molar refractivity (Wildman–Crippen MR) is 269 cm³/mol. The Labute approximate surface area is 425 Å². The minimum atomic E-state index is -2.33. The fourth-order valence-electron chi connectivity index (χ4n) is 10.6. The number of fused-ring (bicyclic) bond motifs is 6. The molecule has 0 spiro atoms. The second kappa shape index (κ2) is 20.3. The van der Waals surface area contributed by atoms with Crippen LogP contribution in [0.3, 0.4) is 0 Å². The third-order valence-corrected chi connectivity index (χ3v) is 15.0. The summed E-state index contributed by atoms with van der Waals surface area (Å²) in [6.45, 7) is 18.5. The second-order valence-corrected chi connectivity index (χ2v) is 20.9. The van der Waals surface area contributed by atoms with Crippen LogP contribution in [0.1, 0.15) is 122 Å². The number of nitrogens with one attached hydrogen (secondary N) is 1. The first-order chi connectivity index (χ1) is 34.5. The number of ketones is 1. The zero-order valence-electron chi connectivity index (χ0n) is 43.3. The molecule has 1 saturated heterocycles. The number of hydrogen-bond donors (Lipinski definition) is 6. The lowest BCUT2D eigenvalue weighted by Crippen LogP contribution is -2.73. The number of hydrogen-bond acceptors (Lipinski definition) is 17. The summed E-state index contributed by atoms with van der Waals surface area (Å²) < 4.78 is 39.5. The molecule has 6 N–H and O–H groups in total. The van der Waals surface area contributed by atoms with Crippen molar-refractivity contribution in [3.63, 3.8) is 0 Å². The van der Waals surface area contributed by atoms with Gasteiger partial charge in [-0.15, -0.1) is 5.10 Å². The Morgan fingerprint density at radius 3 is 2.30 bits per heavy atom. The average Bonchev–Trinajstić information content (AvgIpc) is 3.74. The van der Waals surface area contributed by atoms with Crippen LogP contribution in [0.25, 0.3) is 11.8 Å². The lowest BCUT2D eigenvalue weighted by molar-refractivity contribution is -0.277. The second-order valence-electron chi connectivity index (χ2n) is 20.9. The van der Waals surface area contributed by atoms with Crippen molar-refractivity contribution in [2.24, 2.45) is 17.8 Å². The van der Waals surface area contributed by atoms with E-state index in [1.807, 2.05) is 73.6 Å². The fraction of sp³-hybridized carbons (Fsp3) is 0.509. The van der Waals surface area contributed by atoms with E-state index in [2.05, 4.69) is 16.4 Å². The van der Waals surface area contributed by atoms with Gasteiger partial charge in [0.2, 0.25) is 12.2 Å². The molecule has 2 bridgehead atoms. The van der Waals surface area contributed by atoms with Crippen LogP contribution in [0.5, 0.6) is 23.0 Å². The van der Waals surface area contributed by atoms with Crippen molar-refractivity contribution in [2.45, 2.75) is 148 Å². The van der Waals surface area contributed by atoms with Crippen LogP contribution in [-0.4, -0.2) is 119 Å². The Bertz CT molecular complexity index is 2820. The zero-order chi connectivity index (χ0) is 53.1. The van der Waals surface area contributed by atoms with E-state index in [1.54, 1.807) is 18.5 Å². The summed E-state index contributed by atoms with van der Waals surface area (Å²) in [4.78, 5) is 47.7. The van der Waals surface area contributed by atoms with Gasteiger partial charge in [-0.05, 0) is 103 Å². The molecule has 0 radical (unpaired) electrons. The Morgan fingerprint density at radius 2 is 1.66 bits per heavy atom. The van der Waals surface area contributed by atoms with Crippen LogP contribution in [0.2, 0.25) is 0 Å². The summed E-state index contributed by atoms with van der Waals surface area (Å²) in [5.41, 5.74) is -0.540. The van der Waals surface area contributed by atoms with Crippen molar-refractivity contribution in [3.05, 3.63) is 99.4 Å². The third-order valence-electron chi connectivity index (χ3n) is 15.0. The van der Waals surface area contributed by atoms with Gasteiger partial charge in [0.25, 0.3) is 0 Å². The first-order valence-corrected chi connectivity index (χ1v) is 24.8. The van der Waals surface area contributed by atoms with E-state index in [1.165, 1.54) is 43.8 Å². The van der Waals surface area contributed by atoms with E-state index >= 15 is 4.79 Å². The quantitative estimate of drug-likeness (QED) is 0.0420. The molecule has 3 aromatic rings. The molecule has 1 aromatic heterocycles. The number of aliphatic hydroxyl groups excluding tert-OH is 4. The van der Waals surface area contributed by atoms with Gasteiger partial charge in [0.15, 0.2) is 22.7 Å². The molecule has 5 heterocycles. The SMILES string of the molecule is COC(=O)/C(C)=C\CC1(O)C(=O)C(C)C2C3=C(Nc4ncn2n4)c2c(OC(=O)c4ccc(O[C@@H]5O[C@H](CO)[C@@H](O)[C@H](O)[C@H]5O)cc4)c4c(c(CC=C(C)C)c2OC31C(C)C(C)C)OC(C)(CCC=C(C)C)C=C4. The highest BCUT2D eigenvalue weighted by atomic mass is 16.7. The Morgan fingerprint density at radius 1 is 0.959 bits per heavy atom. The number of allylic oxidation sites excluding steroid dienone is 4. The Hall–Kier alpha value is -6.15. The zero-order valence-corrected chi connectivity index (χ0v) is 43.3. The number of Topliss-reactive ketones (excluding diaryl/α,β-unsaturated/α-hetero) is 1. The van der Waals surface area contributed by atoms with Crippen LogP contribution < -0.4 is 24.3 Å². The highest BCUT2D eigenvalue weighted by molar-refractivity contribution is 6.01. The molecule has 18 nitrogen and oxygen atoms in total. The molecule has 1 saturated carbocycles. The maximum atomic E-state index is 15.4. The topological polar surface area (TPSA) is 250 Å². The number of anilines is 1. The molecule has 73 heavy (non-hydrogen) atoms. The first-order valence-electron chi connectivity index (χ1n) is 24.8. The van der Waals surface area contributed by atoms with Crippen molar-refractivity contribution in [3.8, 4) is 23.0 Å². The monoisotopic (exact) mass is 1010 g/mol. The van der Waals surface area contributed by atoms with Gasteiger partial charge in [0.1, 0.15) is 53.6 Å². The fourth-order valence-corrected chi connectivity index (χ4v) is 10.6. The van der Waals surface area contributed by atoms with Crippen molar-refractivity contribution < 1.29 is 68.3 Å². The third kappa shape index (κ3) is 9.31. The molecular formula is C55H68N4O14. The van der Waals surface area contributed by atoms with Gasteiger partial charge in [0, 0.05) is 35.0 Å². The van der Waals surface area contributed by atoms with E-state index in [0.29, 0.717) is 46.6 Å². The molecule has 5 aliphatic rings. The number of nitrogens with zero attached hydrogens (tertiary/aromatic N) is 3. The van der Waals surface area contributed by atoms with E-state index in [4.69, 9.17) is 33.5 Å². The Kier molecular flexibility index (Phi) is 14.8. The number of carbonyl (C=O) groups excluding carboxylic acids is 3. The van der Waals surface area contributed by atoms with E-state index in [0.717, 1.165) is 11.1 Å². The average molecular weight is 1010 g/mol.